The highest BCUT2D eigenvalue weighted by Gasteiger charge is 2.51. The van der Waals surface area contributed by atoms with Crippen LogP contribution in [0.2, 0.25) is 0 Å². The number of nitrogens with zero attached hydrogens (tertiary/aromatic N) is 1. The van der Waals surface area contributed by atoms with Crippen LogP contribution in [0.25, 0.3) is 0 Å². The summed E-state index contributed by atoms with van der Waals surface area (Å²) in [6.45, 7) is 1.45. The van der Waals surface area contributed by atoms with Crippen molar-refractivity contribution in [1.82, 2.24) is 4.90 Å². The van der Waals surface area contributed by atoms with E-state index < -0.39 is 17.8 Å². The zero-order chi connectivity index (χ0) is 18.3. The number of carbonyl (C=O) groups excluding carboxylic acids is 2. The van der Waals surface area contributed by atoms with Crippen LogP contribution in [0.4, 0.5) is 10.5 Å². The first-order chi connectivity index (χ1) is 12.5. The van der Waals surface area contributed by atoms with E-state index in [0.29, 0.717) is 25.4 Å². The molecule has 2 bridgehead atoms. The van der Waals surface area contributed by atoms with Gasteiger partial charge in [-0.25, -0.2) is 4.79 Å². The number of hydrogen-bond acceptors (Lipinski definition) is 4. The van der Waals surface area contributed by atoms with Crippen molar-refractivity contribution in [2.24, 2.45) is 23.7 Å². The number of allylic oxidation sites excluding steroid dienone is 2. The Bertz CT molecular complexity index is 773. The van der Waals surface area contributed by atoms with Gasteiger partial charge in [-0.3, -0.25) is 9.59 Å². The van der Waals surface area contributed by atoms with E-state index >= 15 is 0 Å². The third-order valence-electron chi connectivity index (χ3n) is 5.49. The van der Waals surface area contributed by atoms with Gasteiger partial charge in [0.05, 0.1) is 18.4 Å². The van der Waals surface area contributed by atoms with Crippen LogP contribution < -0.4 is 5.32 Å². The summed E-state index contributed by atoms with van der Waals surface area (Å²) in [6, 6.07) is 7.23. The minimum absolute atomic E-state index is 0.00144. The lowest BCUT2D eigenvalue weighted by molar-refractivity contribution is -0.146. The Balaban J connectivity index is 1.41. The van der Waals surface area contributed by atoms with Gasteiger partial charge in [-0.2, -0.15) is 0 Å². The molecule has 3 aliphatic rings. The number of hydrogen-bond donors (Lipinski definition) is 2. The van der Waals surface area contributed by atoms with E-state index in [0.717, 1.165) is 12.0 Å². The number of carbonyl (C=O) groups is 3. The van der Waals surface area contributed by atoms with Crippen LogP contribution in [0.3, 0.4) is 0 Å². The number of rotatable bonds is 5. The summed E-state index contributed by atoms with van der Waals surface area (Å²) in [4.78, 5) is 37.3. The molecule has 1 heterocycles. The topological polar surface area (TPSA) is 95.9 Å². The van der Waals surface area contributed by atoms with Crippen molar-refractivity contribution in [2.45, 2.75) is 13.0 Å². The molecule has 1 saturated heterocycles. The fourth-order valence-electron chi connectivity index (χ4n) is 4.23. The Kier molecular flexibility index (Phi) is 4.14. The van der Waals surface area contributed by atoms with E-state index in [1.165, 1.54) is 0 Å². The van der Waals surface area contributed by atoms with E-state index in [-0.39, 0.29) is 23.8 Å². The lowest BCUT2D eigenvalue weighted by Gasteiger charge is -2.24. The number of benzene rings is 1. The highest BCUT2D eigenvalue weighted by molar-refractivity contribution is 5.96. The molecule has 0 unspecified atom stereocenters. The standard InChI is InChI=1S/C19H20N2O5/c22-17(15-12-3-4-13(9-12)16(15)18(23)24)20-14-5-1-11(2-6-14)10-21-7-8-26-19(21)25/h1-6,12-13,15-16H,7-10H2,(H,20,22)(H,23,24)/t12-,13-,15-,16+/m0/s1. The molecule has 0 spiro atoms. The van der Waals surface area contributed by atoms with Crippen LogP contribution in [-0.4, -0.2) is 41.1 Å². The molecule has 2 amide bonds. The number of amides is 2. The van der Waals surface area contributed by atoms with Crippen LogP contribution in [0, 0.1) is 23.7 Å². The first-order valence-electron chi connectivity index (χ1n) is 8.75. The first-order valence-corrected chi connectivity index (χ1v) is 8.75. The van der Waals surface area contributed by atoms with Crippen molar-refractivity contribution in [3.05, 3.63) is 42.0 Å². The molecule has 7 nitrogen and oxygen atoms in total. The summed E-state index contributed by atoms with van der Waals surface area (Å²) >= 11 is 0. The van der Waals surface area contributed by atoms with Crippen molar-refractivity contribution in [2.75, 3.05) is 18.5 Å². The molecular weight excluding hydrogens is 336 g/mol. The summed E-state index contributed by atoms with van der Waals surface area (Å²) in [7, 11) is 0. The second kappa shape index (κ2) is 6.48. The molecule has 2 aliphatic carbocycles. The van der Waals surface area contributed by atoms with E-state index in [4.69, 9.17) is 4.74 Å². The molecule has 7 heteroatoms. The lowest BCUT2D eigenvalue weighted by Crippen LogP contribution is -2.36. The Hall–Kier alpha value is -2.83. The number of ether oxygens (including phenoxy) is 1. The molecule has 26 heavy (non-hydrogen) atoms. The molecule has 0 aromatic heterocycles. The molecule has 1 aliphatic heterocycles. The number of carboxylic acids is 1. The average molecular weight is 356 g/mol. The van der Waals surface area contributed by atoms with Gasteiger partial charge in [-0.1, -0.05) is 24.3 Å². The Morgan fingerprint density at radius 2 is 1.85 bits per heavy atom. The number of fused-ring (bicyclic) bond motifs is 2. The Morgan fingerprint density at radius 1 is 1.15 bits per heavy atom. The first kappa shape index (κ1) is 16.6. The smallest absolute Gasteiger partial charge is 0.410 e. The van der Waals surface area contributed by atoms with Crippen molar-refractivity contribution in [3.8, 4) is 0 Å². The SMILES string of the molecule is O=C(Nc1ccc(CN2CCOC2=O)cc1)[C@@H]1[C@H](C(=O)O)[C@H]2C=C[C@H]1C2. The maximum absolute atomic E-state index is 12.6. The summed E-state index contributed by atoms with van der Waals surface area (Å²) in [5.74, 6) is -2.37. The number of aliphatic carboxylic acids is 1. The maximum atomic E-state index is 12.6. The number of cyclic esters (lactones) is 1. The van der Waals surface area contributed by atoms with E-state index in [1.807, 2.05) is 24.3 Å². The van der Waals surface area contributed by atoms with Crippen LogP contribution in [-0.2, 0) is 20.9 Å². The van der Waals surface area contributed by atoms with Crippen LogP contribution in [0.15, 0.2) is 36.4 Å². The van der Waals surface area contributed by atoms with Gasteiger partial charge in [0.15, 0.2) is 0 Å². The summed E-state index contributed by atoms with van der Waals surface area (Å²) in [5.41, 5.74) is 1.56. The highest BCUT2D eigenvalue weighted by Crippen LogP contribution is 2.48. The molecule has 136 valence electrons. The van der Waals surface area contributed by atoms with Gasteiger partial charge in [-0.05, 0) is 36.0 Å². The van der Waals surface area contributed by atoms with Gasteiger partial charge < -0.3 is 20.1 Å². The molecule has 4 atom stereocenters. The molecule has 1 saturated carbocycles. The van der Waals surface area contributed by atoms with Crippen LogP contribution in [0.5, 0.6) is 0 Å². The van der Waals surface area contributed by atoms with E-state index in [9.17, 15) is 19.5 Å². The molecule has 2 fully saturated rings. The average Bonchev–Trinajstić information content (AvgIpc) is 3.33. The molecule has 1 aromatic carbocycles. The second-order valence-electron chi connectivity index (χ2n) is 7.06. The summed E-state index contributed by atoms with van der Waals surface area (Å²) < 4.78 is 4.90. The lowest BCUT2D eigenvalue weighted by atomic mass is 9.82. The van der Waals surface area contributed by atoms with Gasteiger partial charge in [0.25, 0.3) is 0 Å². The molecule has 0 radical (unpaired) electrons. The van der Waals surface area contributed by atoms with Gasteiger partial charge in [0.1, 0.15) is 6.61 Å². The van der Waals surface area contributed by atoms with Gasteiger partial charge >= 0.3 is 12.1 Å². The predicted molar refractivity (Wildman–Crippen MR) is 92.2 cm³/mol. The minimum Gasteiger partial charge on any atom is -0.481 e. The molecular formula is C19H20N2O5. The van der Waals surface area contributed by atoms with Gasteiger partial charge in [0.2, 0.25) is 5.91 Å². The highest BCUT2D eigenvalue weighted by atomic mass is 16.6. The van der Waals surface area contributed by atoms with Gasteiger partial charge in [0, 0.05) is 12.2 Å². The van der Waals surface area contributed by atoms with Crippen LogP contribution in [0.1, 0.15) is 12.0 Å². The fourth-order valence-corrected chi connectivity index (χ4v) is 4.23. The third kappa shape index (κ3) is 2.94. The van der Waals surface area contributed by atoms with E-state index in [2.05, 4.69) is 5.32 Å². The Morgan fingerprint density at radius 3 is 2.46 bits per heavy atom. The van der Waals surface area contributed by atoms with Crippen molar-refractivity contribution in [1.29, 1.82) is 0 Å². The van der Waals surface area contributed by atoms with Crippen LogP contribution >= 0.6 is 0 Å². The monoisotopic (exact) mass is 356 g/mol. The Labute approximate surface area is 150 Å². The summed E-state index contributed by atoms with van der Waals surface area (Å²) in [5, 5.41) is 12.3. The number of anilines is 1. The zero-order valence-corrected chi connectivity index (χ0v) is 14.1. The maximum Gasteiger partial charge on any atom is 0.410 e. The summed E-state index contributed by atoms with van der Waals surface area (Å²) in [6.07, 6.45) is 4.31. The van der Waals surface area contributed by atoms with Crippen molar-refractivity contribution in [3.63, 3.8) is 0 Å². The van der Waals surface area contributed by atoms with Gasteiger partial charge in [-0.15, -0.1) is 0 Å². The number of nitrogens with one attached hydrogen (secondary N) is 1. The predicted octanol–water partition coefficient (Wildman–Crippen LogP) is 2.10. The fraction of sp³-hybridized carbons (Fsp3) is 0.421. The zero-order valence-electron chi connectivity index (χ0n) is 14.1. The van der Waals surface area contributed by atoms with E-state index in [1.54, 1.807) is 17.0 Å². The normalized spacial score (nSPS) is 29.1. The second-order valence-corrected chi connectivity index (χ2v) is 7.06. The minimum atomic E-state index is -0.908. The molecule has 2 N–H and O–H groups in total. The third-order valence-corrected chi connectivity index (χ3v) is 5.49. The van der Waals surface area contributed by atoms with Crippen molar-refractivity contribution >= 4 is 23.7 Å². The van der Waals surface area contributed by atoms with Crippen molar-refractivity contribution < 1.29 is 24.2 Å². The molecule has 4 rings (SSSR count). The molecule has 1 aromatic rings. The quantitative estimate of drug-likeness (QED) is 0.788. The largest absolute Gasteiger partial charge is 0.481 e. The number of carboxylic acid groups (broad SMARTS) is 1.